The van der Waals surface area contributed by atoms with Gasteiger partial charge in [0.1, 0.15) is 11.5 Å². The summed E-state index contributed by atoms with van der Waals surface area (Å²) < 4.78 is 15.7. The van der Waals surface area contributed by atoms with E-state index >= 15 is 0 Å². The summed E-state index contributed by atoms with van der Waals surface area (Å²) >= 11 is 0. The van der Waals surface area contributed by atoms with Crippen LogP contribution in [0.1, 0.15) is 30.5 Å². The van der Waals surface area contributed by atoms with Crippen LogP contribution in [0, 0.1) is 0 Å². The molecule has 2 aromatic carbocycles. The minimum absolute atomic E-state index is 0.203. The van der Waals surface area contributed by atoms with Gasteiger partial charge in [0, 0.05) is 29.1 Å². The predicted molar refractivity (Wildman–Crippen MR) is 114 cm³/mol. The van der Waals surface area contributed by atoms with Crippen molar-refractivity contribution in [2.75, 3.05) is 20.8 Å². The Morgan fingerprint density at radius 1 is 1.10 bits per heavy atom. The Hall–Kier alpha value is -3.48. The van der Waals surface area contributed by atoms with Crippen molar-refractivity contribution >= 4 is 22.8 Å². The van der Waals surface area contributed by atoms with E-state index in [0.29, 0.717) is 17.9 Å². The first kappa shape index (κ1) is 21.2. The van der Waals surface area contributed by atoms with Gasteiger partial charge in [-0.2, -0.15) is 0 Å². The number of ether oxygens (including phenoxy) is 3. The van der Waals surface area contributed by atoms with Gasteiger partial charge in [0.2, 0.25) is 0 Å². The molecule has 7 heteroatoms. The molecule has 30 heavy (non-hydrogen) atoms. The van der Waals surface area contributed by atoms with E-state index in [1.165, 1.54) is 0 Å². The van der Waals surface area contributed by atoms with Gasteiger partial charge < -0.3 is 24.5 Å². The molecule has 1 heterocycles. The molecule has 1 amide bonds. The summed E-state index contributed by atoms with van der Waals surface area (Å²) in [4.78, 5) is 27.5. The van der Waals surface area contributed by atoms with Crippen molar-refractivity contribution in [2.45, 2.75) is 25.8 Å². The van der Waals surface area contributed by atoms with Gasteiger partial charge in [-0.3, -0.25) is 9.59 Å². The Bertz CT molecular complexity index is 1030. The van der Waals surface area contributed by atoms with E-state index in [9.17, 15) is 9.59 Å². The predicted octanol–water partition coefficient (Wildman–Crippen LogP) is 3.54. The van der Waals surface area contributed by atoms with Crippen molar-refractivity contribution in [3.05, 3.63) is 59.8 Å². The highest BCUT2D eigenvalue weighted by molar-refractivity contribution is 5.84. The van der Waals surface area contributed by atoms with Gasteiger partial charge in [-0.05, 0) is 43.2 Å². The highest BCUT2D eigenvalue weighted by Gasteiger charge is 2.16. The highest BCUT2D eigenvalue weighted by Crippen LogP contribution is 2.29. The number of para-hydroxylation sites is 1. The molecule has 1 atom stereocenters. The zero-order valence-corrected chi connectivity index (χ0v) is 17.4. The van der Waals surface area contributed by atoms with Crippen LogP contribution in [0.4, 0.5) is 0 Å². The van der Waals surface area contributed by atoms with E-state index in [0.717, 1.165) is 22.0 Å². The quantitative estimate of drug-likeness (QED) is 0.527. The van der Waals surface area contributed by atoms with Gasteiger partial charge in [-0.25, -0.2) is 0 Å². The second kappa shape index (κ2) is 9.82. The van der Waals surface area contributed by atoms with Crippen molar-refractivity contribution in [1.82, 2.24) is 10.3 Å². The number of aromatic nitrogens is 1. The molecule has 0 radical (unpaired) electrons. The van der Waals surface area contributed by atoms with Crippen LogP contribution in [0.15, 0.2) is 48.7 Å². The number of amides is 1. The molecular weight excluding hydrogens is 384 g/mol. The number of hydrogen-bond acceptors (Lipinski definition) is 5. The van der Waals surface area contributed by atoms with Crippen LogP contribution < -0.4 is 14.8 Å². The first-order valence-corrected chi connectivity index (χ1v) is 9.73. The third-order valence-corrected chi connectivity index (χ3v) is 4.92. The normalized spacial score (nSPS) is 11.7. The molecule has 0 unspecified atom stereocenters. The minimum Gasteiger partial charge on any atom is -0.497 e. The minimum atomic E-state index is -0.415. The SMILES string of the molecule is COc1ccc(OC)c([C@@H](C)NC(=O)COC(=O)CCc2c[nH]c3ccccc23)c1. The number of aromatic amines is 1. The Morgan fingerprint density at radius 2 is 1.90 bits per heavy atom. The molecule has 7 nitrogen and oxygen atoms in total. The Balaban J connectivity index is 1.49. The number of H-pyrrole nitrogens is 1. The summed E-state index contributed by atoms with van der Waals surface area (Å²) in [6.07, 6.45) is 2.64. The van der Waals surface area contributed by atoms with E-state index in [-0.39, 0.29) is 25.0 Å². The van der Waals surface area contributed by atoms with E-state index in [4.69, 9.17) is 14.2 Å². The molecule has 3 aromatic rings. The number of carbonyl (C=O) groups is 2. The largest absolute Gasteiger partial charge is 0.497 e. The Morgan fingerprint density at radius 3 is 2.67 bits per heavy atom. The molecule has 0 bridgehead atoms. The number of esters is 1. The lowest BCUT2D eigenvalue weighted by Gasteiger charge is -2.18. The number of rotatable bonds is 9. The summed E-state index contributed by atoms with van der Waals surface area (Å²) in [5, 5.41) is 3.90. The zero-order valence-electron chi connectivity index (χ0n) is 17.4. The first-order chi connectivity index (χ1) is 14.5. The first-order valence-electron chi connectivity index (χ1n) is 9.73. The summed E-state index contributed by atoms with van der Waals surface area (Å²) in [6.45, 7) is 1.50. The summed E-state index contributed by atoms with van der Waals surface area (Å²) in [5.41, 5.74) is 2.85. The van der Waals surface area contributed by atoms with Crippen LogP contribution in [0.25, 0.3) is 10.9 Å². The van der Waals surface area contributed by atoms with Gasteiger partial charge >= 0.3 is 5.97 Å². The molecule has 0 spiro atoms. The standard InChI is InChI=1S/C23H26N2O5/c1-15(19-12-17(28-2)9-10-21(19)29-3)25-22(26)14-30-23(27)11-8-16-13-24-20-7-5-4-6-18(16)20/h4-7,9-10,12-13,15,24H,8,11,14H2,1-3H3,(H,25,26)/t15-/m1/s1. The third kappa shape index (κ3) is 5.11. The highest BCUT2D eigenvalue weighted by atomic mass is 16.5. The van der Waals surface area contributed by atoms with Crippen LogP contribution in [-0.2, 0) is 20.7 Å². The third-order valence-electron chi connectivity index (χ3n) is 4.92. The van der Waals surface area contributed by atoms with Gasteiger partial charge in [-0.1, -0.05) is 18.2 Å². The molecule has 0 fully saturated rings. The molecule has 0 aliphatic carbocycles. The fourth-order valence-electron chi connectivity index (χ4n) is 3.33. The van der Waals surface area contributed by atoms with Crippen molar-refractivity contribution in [2.24, 2.45) is 0 Å². The second-order valence-corrected chi connectivity index (χ2v) is 6.92. The summed E-state index contributed by atoms with van der Waals surface area (Å²) in [6, 6.07) is 12.9. The maximum atomic E-state index is 12.2. The van der Waals surface area contributed by atoms with E-state index in [1.54, 1.807) is 32.4 Å². The van der Waals surface area contributed by atoms with E-state index in [1.807, 2.05) is 37.4 Å². The van der Waals surface area contributed by atoms with Gasteiger partial charge in [0.25, 0.3) is 5.91 Å². The van der Waals surface area contributed by atoms with E-state index in [2.05, 4.69) is 10.3 Å². The Labute approximate surface area is 175 Å². The topological polar surface area (TPSA) is 89.7 Å². The maximum Gasteiger partial charge on any atom is 0.306 e. The van der Waals surface area contributed by atoms with Crippen LogP contribution in [-0.4, -0.2) is 37.7 Å². The number of fused-ring (bicyclic) bond motifs is 1. The lowest BCUT2D eigenvalue weighted by atomic mass is 10.1. The fraction of sp³-hybridized carbons (Fsp3) is 0.304. The van der Waals surface area contributed by atoms with Gasteiger partial charge in [-0.15, -0.1) is 0 Å². The molecule has 0 aliphatic rings. The van der Waals surface area contributed by atoms with Crippen LogP contribution in [0.3, 0.4) is 0 Å². The zero-order chi connectivity index (χ0) is 21.5. The van der Waals surface area contributed by atoms with Gasteiger partial charge in [0.05, 0.1) is 20.3 Å². The molecule has 0 aliphatic heterocycles. The van der Waals surface area contributed by atoms with Crippen LogP contribution in [0.2, 0.25) is 0 Å². The van der Waals surface area contributed by atoms with E-state index < -0.39 is 5.97 Å². The average Bonchev–Trinajstić information content (AvgIpc) is 3.18. The Kier molecular flexibility index (Phi) is 6.95. The number of methoxy groups -OCH3 is 2. The average molecular weight is 410 g/mol. The lowest BCUT2D eigenvalue weighted by Crippen LogP contribution is -2.31. The number of hydrogen-bond donors (Lipinski definition) is 2. The number of benzene rings is 2. The number of aryl methyl sites for hydroxylation is 1. The molecule has 0 saturated heterocycles. The molecule has 1 aromatic heterocycles. The second-order valence-electron chi connectivity index (χ2n) is 6.92. The molecule has 0 saturated carbocycles. The number of nitrogens with one attached hydrogen (secondary N) is 2. The fourth-order valence-corrected chi connectivity index (χ4v) is 3.33. The van der Waals surface area contributed by atoms with Crippen LogP contribution in [0.5, 0.6) is 11.5 Å². The van der Waals surface area contributed by atoms with Crippen molar-refractivity contribution in [3.8, 4) is 11.5 Å². The maximum absolute atomic E-state index is 12.2. The molecular formula is C23H26N2O5. The molecule has 3 rings (SSSR count). The number of carbonyl (C=O) groups excluding carboxylic acids is 2. The lowest BCUT2D eigenvalue weighted by molar-refractivity contribution is -0.148. The monoisotopic (exact) mass is 410 g/mol. The molecule has 2 N–H and O–H groups in total. The van der Waals surface area contributed by atoms with Crippen LogP contribution >= 0.6 is 0 Å². The van der Waals surface area contributed by atoms with Crippen molar-refractivity contribution in [3.63, 3.8) is 0 Å². The summed E-state index contributed by atoms with van der Waals surface area (Å²) in [5.74, 6) is 0.504. The molecule has 158 valence electrons. The summed E-state index contributed by atoms with van der Waals surface area (Å²) in [7, 11) is 3.14. The smallest absolute Gasteiger partial charge is 0.306 e. The van der Waals surface area contributed by atoms with Gasteiger partial charge in [0.15, 0.2) is 6.61 Å². The van der Waals surface area contributed by atoms with Crippen molar-refractivity contribution < 1.29 is 23.8 Å². The van der Waals surface area contributed by atoms with Crippen molar-refractivity contribution in [1.29, 1.82) is 0 Å².